The Morgan fingerprint density at radius 3 is 1.98 bits per heavy atom. The molecule has 8 rings (SSSR count). The summed E-state index contributed by atoms with van der Waals surface area (Å²) in [6.45, 7) is 9.57. The fraction of sp³-hybridized carbons (Fsp3) is 0.435. The normalized spacial score (nSPS) is 17.4. The number of aromatic nitrogens is 4. The summed E-state index contributed by atoms with van der Waals surface area (Å²) in [5, 5.41) is 2.58. The van der Waals surface area contributed by atoms with Crippen molar-refractivity contribution < 1.29 is 14.2 Å². The van der Waals surface area contributed by atoms with Crippen LogP contribution in [-0.2, 0) is 4.74 Å². The summed E-state index contributed by atoms with van der Waals surface area (Å²) in [5.41, 5.74) is 6.06. The molecule has 4 heterocycles. The second-order valence-corrected chi connectivity index (χ2v) is 15.6. The molecular weight excluding hydrogens is 699 g/mol. The van der Waals surface area contributed by atoms with Crippen molar-refractivity contribution in [1.82, 2.24) is 29.4 Å². The maximum Gasteiger partial charge on any atom is 0.162 e. The molecule has 2 fully saturated rings. The van der Waals surface area contributed by atoms with E-state index in [1.165, 1.54) is 0 Å². The van der Waals surface area contributed by atoms with E-state index in [9.17, 15) is 0 Å². The molecule has 2 aromatic heterocycles. The average molecular weight is 756 g/mol. The predicted octanol–water partition coefficient (Wildman–Crippen LogP) is 8.51. The zero-order valence-electron chi connectivity index (χ0n) is 33.4. The molecule has 2 saturated heterocycles. The van der Waals surface area contributed by atoms with Gasteiger partial charge in [-0.3, -0.25) is 5.01 Å². The minimum Gasteiger partial charge on any atom is -0.494 e. The monoisotopic (exact) mass is 755 g/mol. The topological polar surface area (TPSA) is 83.9 Å². The number of hydrogen-bond donors (Lipinski definition) is 1. The first-order chi connectivity index (χ1) is 27.5. The van der Waals surface area contributed by atoms with Gasteiger partial charge in [-0.2, -0.15) is 0 Å². The van der Waals surface area contributed by atoms with Crippen LogP contribution in [0.1, 0.15) is 87.3 Å². The van der Waals surface area contributed by atoms with Crippen molar-refractivity contribution >= 4 is 22.1 Å². The number of likely N-dealkylation sites (tertiary alicyclic amines) is 2. The van der Waals surface area contributed by atoms with Crippen LogP contribution >= 0.6 is 0 Å². The summed E-state index contributed by atoms with van der Waals surface area (Å²) in [6.07, 6.45) is 5.39. The Labute approximate surface area is 331 Å². The third-order valence-electron chi connectivity index (χ3n) is 11.3. The minimum absolute atomic E-state index is 0.0834. The highest BCUT2D eigenvalue weighted by atomic mass is 16.5. The van der Waals surface area contributed by atoms with Gasteiger partial charge in [0.25, 0.3) is 0 Å². The number of benzene rings is 4. The number of nitrogens with one attached hydrogen (secondary N) is 1. The molecule has 0 saturated carbocycles. The zero-order chi connectivity index (χ0) is 38.4. The molecule has 0 radical (unpaired) electrons. The van der Waals surface area contributed by atoms with Gasteiger partial charge in [0.15, 0.2) is 5.82 Å². The van der Waals surface area contributed by atoms with Gasteiger partial charge >= 0.3 is 0 Å². The highest BCUT2D eigenvalue weighted by Gasteiger charge is 2.38. The molecule has 10 heteroatoms. The molecule has 6 aromatic rings. The van der Waals surface area contributed by atoms with E-state index in [0.717, 1.165) is 121 Å². The Hall–Kier alpha value is -4.90. The largest absolute Gasteiger partial charge is 0.494 e. The third kappa shape index (κ3) is 8.28. The van der Waals surface area contributed by atoms with Crippen LogP contribution in [-0.4, -0.2) is 95.1 Å². The Morgan fingerprint density at radius 1 is 0.696 bits per heavy atom. The summed E-state index contributed by atoms with van der Waals surface area (Å²) in [6, 6.07) is 33.8. The molecule has 2 atom stereocenters. The van der Waals surface area contributed by atoms with E-state index in [0.29, 0.717) is 13.2 Å². The van der Waals surface area contributed by atoms with E-state index >= 15 is 0 Å². The zero-order valence-corrected chi connectivity index (χ0v) is 33.4. The van der Waals surface area contributed by atoms with Gasteiger partial charge in [-0.1, -0.05) is 62.4 Å². The summed E-state index contributed by atoms with van der Waals surface area (Å²) >= 11 is 0. The minimum atomic E-state index is -0.453. The number of ether oxygens (including phenoxy) is 3. The van der Waals surface area contributed by atoms with E-state index in [1.54, 1.807) is 0 Å². The molecule has 0 amide bonds. The van der Waals surface area contributed by atoms with E-state index in [4.69, 9.17) is 24.2 Å². The smallest absolute Gasteiger partial charge is 0.162 e. The SMILES string of the molecule is CCCOc1cccc(C(OC2CCN(C)CC2)c2nc3ccccc3n2N(C2CCN(C)CC2)C(c2cccc(OCCC)c2)c2nc3ccccc3[nH]2)c1. The maximum atomic E-state index is 7.35. The van der Waals surface area contributed by atoms with E-state index in [-0.39, 0.29) is 18.2 Å². The lowest BCUT2D eigenvalue weighted by Crippen LogP contribution is -2.52. The van der Waals surface area contributed by atoms with Gasteiger partial charge in [-0.15, -0.1) is 0 Å². The van der Waals surface area contributed by atoms with Gasteiger partial charge in [-0.25, -0.2) is 14.6 Å². The van der Waals surface area contributed by atoms with Crippen LogP contribution in [0.4, 0.5) is 0 Å². The molecule has 2 aliphatic heterocycles. The lowest BCUT2D eigenvalue weighted by Gasteiger charge is -2.44. The van der Waals surface area contributed by atoms with Crippen molar-refractivity contribution in [2.45, 2.75) is 76.7 Å². The first kappa shape index (κ1) is 38.0. The van der Waals surface area contributed by atoms with Gasteiger partial charge in [0, 0.05) is 19.1 Å². The first-order valence-corrected chi connectivity index (χ1v) is 20.7. The van der Waals surface area contributed by atoms with Crippen LogP contribution in [0.15, 0.2) is 97.1 Å². The standard InChI is InChI=1S/C46H57N7O3/c1-5-29-54-37-15-11-13-33(31-37)43(45-47-39-17-7-8-18-40(39)48-45)52(35-21-25-50(3)26-22-35)53-42-20-10-9-19-41(42)49-46(53)44(56-36-23-27-51(4)28-24-36)34-14-12-16-38(32-34)55-30-6-2/h7-20,31-32,35-36,43-44H,5-6,21-30H2,1-4H3,(H,47,48). The molecule has 1 N–H and O–H groups in total. The van der Waals surface area contributed by atoms with Crippen LogP contribution in [0.25, 0.3) is 22.1 Å². The number of H-pyrrole nitrogens is 1. The molecule has 4 aromatic carbocycles. The molecule has 2 unspecified atom stereocenters. The molecule has 0 bridgehead atoms. The van der Waals surface area contributed by atoms with E-state index in [1.807, 2.05) is 6.07 Å². The van der Waals surface area contributed by atoms with Gasteiger partial charge < -0.3 is 29.0 Å². The van der Waals surface area contributed by atoms with Crippen LogP contribution in [0.3, 0.4) is 0 Å². The summed E-state index contributed by atoms with van der Waals surface area (Å²) in [7, 11) is 4.42. The molecular formula is C46H57N7O3. The quantitative estimate of drug-likeness (QED) is 0.112. The van der Waals surface area contributed by atoms with E-state index < -0.39 is 6.10 Å². The van der Waals surface area contributed by atoms with Crippen molar-refractivity contribution in [2.24, 2.45) is 0 Å². The summed E-state index contributed by atoms with van der Waals surface area (Å²) in [5.74, 6) is 3.44. The van der Waals surface area contributed by atoms with Crippen molar-refractivity contribution in [2.75, 3.05) is 58.5 Å². The summed E-state index contributed by atoms with van der Waals surface area (Å²) < 4.78 is 22.3. The van der Waals surface area contributed by atoms with Crippen LogP contribution in [0, 0.1) is 0 Å². The second-order valence-electron chi connectivity index (χ2n) is 15.6. The average Bonchev–Trinajstić information content (AvgIpc) is 3.83. The number of imidazole rings is 2. The first-order valence-electron chi connectivity index (χ1n) is 20.7. The Balaban J connectivity index is 1.36. The fourth-order valence-electron chi connectivity index (χ4n) is 8.31. The number of fused-ring (bicyclic) bond motifs is 2. The number of rotatable bonds is 15. The lowest BCUT2D eigenvalue weighted by molar-refractivity contribution is -0.0283. The van der Waals surface area contributed by atoms with Crippen molar-refractivity contribution in [1.29, 1.82) is 0 Å². The fourth-order valence-corrected chi connectivity index (χ4v) is 8.31. The summed E-state index contributed by atoms with van der Waals surface area (Å²) in [4.78, 5) is 19.5. The van der Waals surface area contributed by atoms with Gasteiger partial charge in [0.1, 0.15) is 29.5 Å². The third-order valence-corrected chi connectivity index (χ3v) is 11.3. The number of aromatic amines is 1. The predicted molar refractivity (Wildman–Crippen MR) is 224 cm³/mol. The van der Waals surface area contributed by atoms with Crippen molar-refractivity contribution in [3.8, 4) is 11.5 Å². The van der Waals surface area contributed by atoms with Gasteiger partial charge in [0.2, 0.25) is 0 Å². The lowest BCUT2D eigenvalue weighted by atomic mass is 9.98. The molecule has 56 heavy (non-hydrogen) atoms. The highest BCUT2D eigenvalue weighted by molar-refractivity contribution is 5.77. The van der Waals surface area contributed by atoms with Crippen molar-refractivity contribution in [3.63, 3.8) is 0 Å². The molecule has 0 aliphatic carbocycles. The maximum absolute atomic E-state index is 7.35. The second kappa shape index (κ2) is 17.5. The Bertz CT molecular complexity index is 2150. The number of nitrogens with zero attached hydrogens (tertiary/aromatic N) is 6. The Morgan fingerprint density at radius 2 is 1.30 bits per heavy atom. The number of para-hydroxylation sites is 4. The molecule has 10 nitrogen and oxygen atoms in total. The Kier molecular flexibility index (Phi) is 11.9. The molecule has 0 spiro atoms. The van der Waals surface area contributed by atoms with Gasteiger partial charge in [-0.05, 0) is 125 Å². The molecule has 294 valence electrons. The van der Waals surface area contributed by atoms with E-state index in [2.05, 4.69) is 143 Å². The van der Waals surface area contributed by atoms with Gasteiger partial charge in [0.05, 0.1) is 41.4 Å². The van der Waals surface area contributed by atoms with Crippen LogP contribution in [0.5, 0.6) is 11.5 Å². The van der Waals surface area contributed by atoms with Crippen LogP contribution < -0.4 is 14.5 Å². The van der Waals surface area contributed by atoms with Crippen LogP contribution in [0.2, 0.25) is 0 Å². The highest BCUT2D eigenvalue weighted by Crippen LogP contribution is 2.39. The molecule has 2 aliphatic rings. The number of hydrogen-bond acceptors (Lipinski definition) is 8. The van der Waals surface area contributed by atoms with Crippen molar-refractivity contribution in [3.05, 3.63) is 120 Å². The number of piperidine rings is 2.